The van der Waals surface area contributed by atoms with E-state index in [4.69, 9.17) is 17.3 Å². The number of fused-ring (bicyclic) bond motifs is 1. The van der Waals surface area contributed by atoms with Crippen LogP contribution in [0.3, 0.4) is 0 Å². The third kappa shape index (κ3) is 1.88. The van der Waals surface area contributed by atoms with E-state index in [-0.39, 0.29) is 5.69 Å². The fourth-order valence-corrected chi connectivity index (χ4v) is 2.33. The van der Waals surface area contributed by atoms with Gasteiger partial charge in [-0.05, 0) is 24.3 Å². The molecule has 0 aliphatic heterocycles. The van der Waals surface area contributed by atoms with Crippen molar-refractivity contribution in [1.29, 1.82) is 0 Å². The predicted molar refractivity (Wildman–Crippen MR) is 77.0 cm³/mol. The molecule has 2 heterocycles. The van der Waals surface area contributed by atoms with Gasteiger partial charge >= 0.3 is 5.97 Å². The summed E-state index contributed by atoms with van der Waals surface area (Å²) in [7, 11) is 0. The van der Waals surface area contributed by atoms with Crippen LogP contribution in [-0.4, -0.2) is 20.5 Å². The van der Waals surface area contributed by atoms with E-state index in [0.29, 0.717) is 27.6 Å². The van der Waals surface area contributed by atoms with Gasteiger partial charge in [-0.25, -0.2) is 9.78 Å². The number of rotatable bonds is 2. The Balaban J connectivity index is 2.38. The summed E-state index contributed by atoms with van der Waals surface area (Å²) in [5.41, 5.74) is 7.74. The van der Waals surface area contributed by atoms with E-state index >= 15 is 0 Å². The number of nitrogen functional groups attached to an aromatic ring is 1. The number of halogens is 1. The Morgan fingerprint density at radius 3 is 2.80 bits per heavy atom. The Hall–Kier alpha value is -2.53. The number of aromatic carboxylic acids is 1. The summed E-state index contributed by atoms with van der Waals surface area (Å²) in [6, 6.07) is 10.3. The Morgan fingerprint density at radius 2 is 2.10 bits per heavy atom. The standard InChI is InChI=1S/C14H10ClN3O2/c15-10-5-2-6-18-12(14(19)20)11(17-13(10)18)8-3-1-4-9(16)7-8/h1-7H,16H2,(H,19,20). The molecule has 3 rings (SSSR count). The Kier molecular flexibility index (Phi) is 2.84. The van der Waals surface area contributed by atoms with Gasteiger partial charge in [0.15, 0.2) is 11.3 Å². The number of pyridine rings is 1. The van der Waals surface area contributed by atoms with Crippen molar-refractivity contribution >= 4 is 28.9 Å². The number of nitrogens with two attached hydrogens (primary N) is 1. The lowest BCUT2D eigenvalue weighted by Gasteiger charge is -2.01. The maximum absolute atomic E-state index is 11.5. The van der Waals surface area contributed by atoms with Crippen molar-refractivity contribution < 1.29 is 9.90 Å². The molecular weight excluding hydrogens is 278 g/mol. The number of aromatic nitrogens is 2. The van der Waals surface area contributed by atoms with Crippen LogP contribution in [0, 0.1) is 0 Å². The highest BCUT2D eigenvalue weighted by molar-refractivity contribution is 6.33. The van der Waals surface area contributed by atoms with E-state index in [1.165, 1.54) is 4.40 Å². The minimum atomic E-state index is -1.07. The molecule has 6 heteroatoms. The molecule has 5 nitrogen and oxygen atoms in total. The van der Waals surface area contributed by atoms with E-state index in [9.17, 15) is 9.90 Å². The molecule has 0 saturated carbocycles. The predicted octanol–water partition coefficient (Wildman–Crippen LogP) is 2.94. The summed E-state index contributed by atoms with van der Waals surface area (Å²) >= 11 is 6.06. The molecule has 0 atom stereocenters. The molecule has 0 amide bonds. The summed E-state index contributed by atoms with van der Waals surface area (Å²) in [4.78, 5) is 15.9. The summed E-state index contributed by atoms with van der Waals surface area (Å²) in [6.45, 7) is 0. The number of anilines is 1. The van der Waals surface area contributed by atoms with Crippen LogP contribution >= 0.6 is 11.6 Å². The number of carbonyl (C=O) groups is 1. The molecule has 0 aliphatic carbocycles. The molecule has 0 aliphatic rings. The largest absolute Gasteiger partial charge is 0.476 e. The first-order chi connectivity index (χ1) is 9.58. The van der Waals surface area contributed by atoms with Crippen molar-refractivity contribution in [1.82, 2.24) is 9.38 Å². The summed E-state index contributed by atoms with van der Waals surface area (Å²) in [5, 5.41) is 9.83. The van der Waals surface area contributed by atoms with Gasteiger partial charge in [0.25, 0.3) is 0 Å². The Labute approximate surface area is 119 Å². The number of hydrogen-bond acceptors (Lipinski definition) is 3. The number of benzene rings is 1. The van der Waals surface area contributed by atoms with E-state index < -0.39 is 5.97 Å². The number of carboxylic acids is 1. The van der Waals surface area contributed by atoms with Crippen molar-refractivity contribution in [3.8, 4) is 11.3 Å². The second kappa shape index (κ2) is 4.54. The normalized spacial score (nSPS) is 10.8. The molecule has 0 spiro atoms. The number of imidazole rings is 1. The van der Waals surface area contributed by atoms with Crippen LogP contribution in [-0.2, 0) is 0 Å². The molecule has 1 aromatic carbocycles. The third-order valence-electron chi connectivity index (χ3n) is 2.97. The summed E-state index contributed by atoms with van der Waals surface area (Å²) in [6.07, 6.45) is 1.62. The zero-order valence-corrected chi connectivity index (χ0v) is 11.0. The highest BCUT2D eigenvalue weighted by atomic mass is 35.5. The first-order valence-electron chi connectivity index (χ1n) is 5.83. The van der Waals surface area contributed by atoms with Gasteiger partial charge in [0.2, 0.25) is 0 Å². The van der Waals surface area contributed by atoms with Crippen molar-refractivity contribution in [2.75, 3.05) is 5.73 Å². The fourth-order valence-electron chi connectivity index (χ4n) is 2.13. The quantitative estimate of drug-likeness (QED) is 0.710. The molecule has 20 heavy (non-hydrogen) atoms. The van der Waals surface area contributed by atoms with Gasteiger partial charge in [0.1, 0.15) is 5.69 Å². The van der Waals surface area contributed by atoms with Crippen LogP contribution in [0.15, 0.2) is 42.6 Å². The maximum Gasteiger partial charge on any atom is 0.355 e. The average Bonchev–Trinajstić information content (AvgIpc) is 2.79. The lowest BCUT2D eigenvalue weighted by atomic mass is 10.1. The lowest BCUT2D eigenvalue weighted by molar-refractivity contribution is 0.0690. The van der Waals surface area contributed by atoms with Crippen LogP contribution < -0.4 is 5.73 Å². The minimum Gasteiger partial charge on any atom is -0.476 e. The molecule has 0 unspecified atom stereocenters. The molecule has 3 aromatic rings. The number of nitrogens with zero attached hydrogens (tertiary/aromatic N) is 2. The Bertz CT molecular complexity index is 826. The molecule has 3 N–H and O–H groups in total. The second-order valence-electron chi connectivity index (χ2n) is 4.29. The van der Waals surface area contributed by atoms with Crippen LogP contribution in [0.2, 0.25) is 5.02 Å². The van der Waals surface area contributed by atoms with Crippen LogP contribution in [0.25, 0.3) is 16.9 Å². The smallest absolute Gasteiger partial charge is 0.355 e. The number of carboxylic acid groups (broad SMARTS) is 1. The third-order valence-corrected chi connectivity index (χ3v) is 3.26. The minimum absolute atomic E-state index is 0.0631. The molecule has 0 saturated heterocycles. The highest BCUT2D eigenvalue weighted by Crippen LogP contribution is 2.28. The first-order valence-corrected chi connectivity index (χ1v) is 6.21. The molecular formula is C14H10ClN3O2. The van der Waals surface area contributed by atoms with Crippen LogP contribution in [0.4, 0.5) is 5.69 Å². The number of hydrogen-bond donors (Lipinski definition) is 2. The monoisotopic (exact) mass is 287 g/mol. The van der Waals surface area contributed by atoms with Gasteiger partial charge in [0, 0.05) is 17.4 Å². The van der Waals surface area contributed by atoms with Crippen molar-refractivity contribution in [2.24, 2.45) is 0 Å². The molecule has 2 aromatic heterocycles. The zero-order chi connectivity index (χ0) is 14.3. The van der Waals surface area contributed by atoms with E-state index in [1.807, 2.05) is 0 Å². The molecule has 0 fully saturated rings. The molecule has 0 radical (unpaired) electrons. The van der Waals surface area contributed by atoms with Crippen LogP contribution in [0.5, 0.6) is 0 Å². The van der Waals surface area contributed by atoms with E-state index in [2.05, 4.69) is 4.98 Å². The SMILES string of the molecule is Nc1cccc(-c2nc3c(Cl)cccn3c2C(=O)O)c1. The van der Waals surface area contributed by atoms with Gasteiger partial charge in [-0.1, -0.05) is 23.7 Å². The van der Waals surface area contributed by atoms with Gasteiger partial charge in [-0.15, -0.1) is 0 Å². The molecule has 100 valence electrons. The van der Waals surface area contributed by atoms with Crippen molar-refractivity contribution in [2.45, 2.75) is 0 Å². The van der Waals surface area contributed by atoms with Crippen molar-refractivity contribution in [3.63, 3.8) is 0 Å². The highest BCUT2D eigenvalue weighted by Gasteiger charge is 2.21. The zero-order valence-electron chi connectivity index (χ0n) is 10.2. The van der Waals surface area contributed by atoms with Gasteiger partial charge in [-0.2, -0.15) is 0 Å². The summed E-state index contributed by atoms with van der Waals surface area (Å²) in [5.74, 6) is -1.07. The summed E-state index contributed by atoms with van der Waals surface area (Å²) < 4.78 is 1.46. The van der Waals surface area contributed by atoms with Crippen molar-refractivity contribution in [3.05, 3.63) is 53.3 Å². The lowest BCUT2D eigenvalue weighted by Crippen LogP contribution is -2.03. The molecule has 0 bridgehead atoms. The van der Waals surface area contributed by atoms with E-state index in [0.717, 1.165) is 0 Å². The Morgan fingerprint density at radius 1 is 1.30 bits per heavy atom. The van der Waals surface area contributed by atoms with Crippen LogP contribution in [0.1, 0.15) is 10.5 Å². The van der Waals surface area contributed by atoms with Gasteiger partial charge in [0.05, 0.1) is 5.02 Å². The van der Waals surface area contributed by atoms with Gasteiger partial charge < -0.3 is 10.8 Å². The van der Waals surface area contributed by atoms with E-state index in [1.54, 1.807) is 42.6 Å². The fraction of sp³-hybridized carbons (Fsp3) is 0. The topological polar surface area (TPSA) is 80.6 Å². The average molecular weight is 288 g/mol. The first kappa shape index (κ1) is 12.5. The second-order valence-corrected chi connectivity index (χ2v) is 4.70. The van der Waals surface area contributed by atoms with Gasteiger partial charge in [-0.3, -0.25) is 4.40 Å². The maximum atomic E-state index is 11.5.